The number of fused-ring (bicyclic) bond motifs is 1. The van der Waals surface area contributed by atoms with Crippen LogP contribution in [0.1, 0.15) is 5.56 Å². The molecule has 0 spiro atoms. The second-order valence-corrected chi connectivity index (χ2v) is 6.29. The van der Waals surface area contributed by atoms with Crippen molar-refractivity contribution in [1.82, 2.24) is 14.4 Å². The quantitative estimate of drug-likeness (QED) is 0.557. The molecule has 0 aliphatic rings. The summed E-state index contributed by atoms with van der Waals surface area (Å²) in [5.41, 5.74) is 3.99. The van der Waals surface area contributed by atoms with Gasteiger partial charge >= 0.3 is 6.03 Å². The first-order chi connectivity index (χ1) is 13.6. The summed E-state index contributed by atoms with van der Waals surface area (Å²) in [4.78, 5) is 21.2. The third-order valence-electron chi connectivity index (χ3n) is 4.34. The molecule has 140 valence electrons. The zero-order valence-electron chi connectivity index (χ0n) is 15.5. The number of carbonyl (C=O) groups excluding carboxylic acids is 1. The zero-order valence-corrected chi connectivity index (χ0v) is 15.5. The normalized spacial score (nSPS) is 10.6. The smallest absolute Gasteiger partial charge is 0.323 e. The predicted molar refractivity (Wildman–Crippen MR) is 109 cm³/mol. The van der Waals surface area contributed by atoms with Gasteiger partial charge in [0.15, 0.2) is 0 Å². The van der Waals surface area contributed by atoms with Crippen molar-refractivity contribution in [3.05, 3.63) is 72.7 Å². The number of carbonyl (C=O) groups is 1. The van der Waals surface area contributed by atoms with Crippen LogP contribution >= 0.6 is 0 Å². The number of benzene rings is 2. The molecule has 2 heterocycles. The van der Waals surface area contributed by atoms with Crippen molar-refractivity contribution in [3.63, 3.8) is 0 Å². The second kappa shape index (κ2) is 7.40. The highest BCUT2D eigenvalue weighted by Crippen LogP contribution is 2.25. The van der Waals surface area contributed by atoms with Crippen molar-refractivity contribution in [2.24, 2.45) is 0 Å². The van der Waals surface area contributed by atoms with E-state index >= 15 is 0 Å². The van der Waals surface area contributed by atoms with Crippen LogP contribution in [0.15, 0.2) is 67.1 Å². The summed E-state index contributed by atoms with van der Waals surface area (Å²) < 4.78 is 7.04. The fourth-order valence-electron chi connectivity index (χ4n) is 2.87. The van der Waals surface area contributed by atoms with Crippen LogP contribution in [0.2, 0.25) is 0 Å². The van der Waals surface area contributed by atoms with Gasteiger partial charge in [-0.05, 0) is 36.8 Å². The summed E-state index contributed by atoms with van der Waals surface area (Å²) in [6.45, 7) is 1.94. The van der Waals surface area contributed by atoms with Gasteiger partial charge in [-0.1, -0.05) is 18.2 Å². The van der Waals surface area contributed by atoms with Crippen molar-refractivity contribution >= 4 is 23.2 Å². The van der Waals surface area contributed by atoms with Crippen LogP contribution in [-0.2, 0) is 0 Å². The van der Waals surface area contributed by atoms with Gasteiger partial charge in [-0.15, -0.1) is 0 Å². The van der Waals surface area contributed by atoms with Gasteiger partial charge in [0.2, 0.25) is 5.78 Å². The Bertz CT molecular complexity index is 1120. The van der Waals surface area contributed by atoms with Crippen molar-refractivity contribution in [2.75, 3.05) is 17.7 Å². The Hall–Kier alpha value is -3.87. The lowest BCUT2D eigenvalue weighted by molar-refractivity contribution is 0.262. The van der Waals surface area contributed by atoms with Gasteiger partial charge in [0.1, 0.15) is 5.75 Å². The van der Waals surface area contributed by atoms with Crippen LogP contribution in [0.25, 0.3) is 17.0 Å². The van der Waals surface area contributed by atoms with Gasteiger partial charge in [-0.3, -0.25) is 4.40 Å². The fourth-order valence-corrected chi connectivity index (χ4v) is 2.87. The van der Waals surface area contributed by atoms with Crippen LogP contribution in [0, 0.1) is 6.92 Å². The molecule has 2 N–H and O–H groups in total. The Kier molecular flexibility index (Phi) is 4.63. The maximum atomic E-state index is 12.4. The van der Waals surface area contributed by atoms with Crippen LogP contribution in [0.5, 0.6) is 5.75 Å². The molecular weight excluding hydrogens is 354 g/mol. The molecule has 0 atom stereocenters. The standard InChI is InChI=1S/C21H19N5O2/c1-14-7-8-15(19-13-26-10-4-9-22-20(26)24-19)11-18(14)25-21(27)23-16-5-3-6-17(12-16)28-2/h3-13H,1-2H3,(H2,23,25,27). The van der Waals surface area contributed by atoms with Gasteiger partial charge < -0.3 is 15.4 Å². The summed E-state index contributed by atoms with van der Waals surface area (Å²) >= 11 is 0. The summed E-state index contributed by atoms with van der Waals surface area (Å²) in [5, 5.41) is 5.71. The lowest BCUT2D eigenvalue weighted by Gasteiger charge is -2.11. The maximum Gasteiger partial charge on any atom is 0.323 e. The molecule has 0 fully saturated rings. The van der Waals surface area contributed by atoms with E-state index in [-0.39, 0.29) is 6.03 Å². The van der Waals surface area contributed by atoms with Gasteiger partial charge in [0, 0.05) is 41.6 Å². The monoisotopic (exact) mass is 373 g/mol. The second-order valence-electron chi connectivity index (χ2n) is 6.29. The Labute approximate surface area is 162 Å². The molecule has 28 heavy (non-hydrogen) atoms. The van der Waals surface area contributed by atoms with E-state index in [1.54, 1.807) is 25.4 Å². The van der Waals surface area contributed by atoms with Crippen LogP contribution in [-0.4, -0.2) is 27.5 Å². The highest BCUT2D eigenvalue weighted by atomic mass is 16.5. The Morgan fingerprint density at radius 3 is 2.82 bits per heavy atom. The molecular formula is C21H19N5O2. The van der Waals surface area contributed by atoms with E-state index in [0.717, 1.165) is 16.8 Å². The summed E-state index contributed by atoms with van der Waals surface area (Å²) in [7, 11) is 1.59. The Morgan fingerprint density at radius 1 is 1.11 bits per heavy atom. The number of anilines is 2. The number of methoxy groups -OCH3 is 1. The Balaban J connectivity index is 1.55. The minimum absolute atomic E-state index is 0.329. The average molecular weight is 373 g/mol. The van der Waals surface area contributed by atoms with Gasteiger partial charge in [-0.2, -0.15) is 0 Å². The summed E-state index contributed by atoms with van der Waals surface area (Å²) in [5.74, 6) is 1.31. The Morgan fingerprint density at radius 2 is 2.00 bits per heavy atom. The number of rotatable bonds is 4. The lowest BCUT2D eigenvalue weighted by Crippen LogP contribution is -2.20. The minimum atomic E-state index is -0.329. The number of hydrogen-bond donors (Lipinski definition) is 2. The number of nitrogens with zero attached hydrogens (tertiary/aromatic N) is 3. The molecule has 2 amide bonds. The van der Waals surface area contributed by atoms with E-state index in [9.17, 15) is 4.79 Å². The van der Waals surface area contributed by atoms with Gasteiger partial charge in [0.05, 0.1) is 12.8 Å². The number of aromatic nitrogens is 3. The van der Waals surface area contributed by atoms with Crippen LogP contribution in [0.3, 0.4) is 0 Å². The molecule has 0 radical (unpaired) electrons. The molecule has 0 unspecified atom stereocenters. The molecule has 0 saturated carbocycles. The first-order valence-electron chi connectivity index (χ1n) is 8.75. The van der Waals surface area contributed by atoms with E-state index in [1.165, 1.54) is 0 Å². The van der Waals surface area contributed by atoms with Crippen LogP contribution < -0.4 is 15.4 Å². The zero-order chi connectivity index (χ0) is 19.5. The molecule has 0 aliphatic carbocycles. The fraction of sp³-hybridized carbons (Fsp3) is 0.0952. The highest BCUT2D eigenvalue weighted by Gasteiger charge is 2.10. The number of amides is 2. The van der Waals surface area contributed by atoms with Crippen molar-refractivity contribution < 1.29 is 9.53 Å². The van der Waals surface area contributed by atoms with E-state index in [0.29, 0.717) is 22.9 Å². The highest BCUT2D eigenvalue weighted by molar-refractivity contribution is 6.00. The van der Waals surface area contributed by atoms with Crippen LogP contribution in [0.4, 0.5) is 16.2 Å². The molecule has 0 bridgehead atoms. The average Bonchev–Trinajstić information content (AvgIpc) is 3.14. The van der Waals surface area contributed by atoms with E-state index < -0.39 is 0 Å². The van der Waals surface area contributed by atoms with Gasteiger partial charge in [0.25, 0.3) is 0 Å². The molecule has 0 aliphatic heterocycles. The molecule has 7 nitrogen and oxygen atoms in total. The molecule has 0 saturated heterocycles. The van der Waals surface area contributed by atoms with E-state index in [1.807, 2.05) is 60.1 Å². The van der Waals surface area contributed by atoms with E-state index in [2.05, 4.69) is 20.6 Å². The topological polar surface area (TPSA) is 80.5 Å². The number of imidazole rings is 1. The number of ether oxygens (including phenoxy) is 1. The third kappa shape index (κ3) is 3.64. The van der Waals surface area contributed by atoms with E-state index in [4.69, 9.17) is 4.74 Å². The SMILES string of the molecule is COc1cccc(NC(=O)Nc2cc(-c3cn4cccnc4n3)ccc2C)c1. The number of hydrogen-bond acceptors (Lipinski definition) is 4. The number of aryl methyl sites for hydroxylation is 1. The van der Waals surface area contributed by atoms with Crippen molar-refractivity contribution in [2.45, 2.75) is 6.92 Å². The van der Waals surface area contributed by atoms with Gasteiger partial charge in [-0.25, -0.2) is 14.8 Å². The lowest BCUT2D eigenvalue weighted by atomic mass is 10.1. The first-order valence-corrected chi connectivity index (χ1v) is 8.75. The molecule has 7 heteroatoms. The largest absolute Gasteiger partial charge is 0.497 e. The minimum Gasteiger partial charge on any atom is -0.497 e. The number of urea groups is 1. The van der Waals surface area contributed by atoms with Crippen molar-refractivity contribution in [3.8, 4) is 17.0 Å². The molecule has 4 rings (SSSR count). The first kappa shape index (κ1) is 17.5. The summed E-state index contributed by atoms with van der Waals surface area (Å²) in [6, 6.07) is 14.5. The molecule has 4 aromatic rings. The molecule has 2 aromatic heterocycles. The summed E-state index contributed by atoms with van der Waals surface area (Å²) in [6.07, 6.45) is 5.51. The molecule has 2 aromatic carbocycles. The predicted octanol–water partition coefficient (Wildman–Crippen LogP) is 4.36. The van der Waals surface area contributed by atoms with Crippen molar-refractivity contribution in [1.29, 1.82) is 0 Å². The number of nitrogens with one attached hydrogen (secondary N) is 2. The maximum absolute atomic E-state index is 12.4. The third-order valence-corrected chi connectivity index (χ3v) is 4.34.